The van der Waals surface area contributed by atoms with Crippen molar-refractivity contribution in [3.63, 3.8) is 0 Å². The molecule has 4 aliphatic rings. The first kappa shape index (κ1) is 24.3. The molecule has 8 heteroatoms. The second-order valence-corrected chi connectivity index (χ2v) is 11.6. The molecule has 3 aliphatic carbocycles. The number of piperidine rings is 1. The van der Waals surface area contributed by atoms with Gasteiger partial charge in [0.1, 0.15) is 5.69 Å². The zero-order valence-corrected chi connectivity index (χ0v) is 20.6. The van der Waals surface area contributed by atoms with Gasteiger partial charge in [0.2, 0.25) is 11.8 Å². The summed E-state index contributed by atoms with van der Waals surface area (Å²) in [5, 5.41) is 2.24. The zero-order chi connectivity index (χ0) is 25.4. The van der Waals surface area contributed by atoms with Gasteiger partial charge in [0.25, 0.3) is 0 Å². The minimum absolute atomic E-state index is 0.0881. The van der Waals surface area contributed by atoms with Gasteiger partial charge >= 0.3 is 0 Å². The number of amides is 2. The fourth-order valence-electron chi connectivity index (χ4n) is 8.43. The van der Waals surface area contributed by atoms with E-state index in [1.165, 1.54) is 5.57 Å². The number of hydrogen-bond donors (Lipinski definition) is 1. The van der Waals surface area contributed by atoms with Gasteiger partial charge in [0.05, 0.1) is 0 Å². The van der Waals surface area contributed by atoms with E-state index >= 15 is 0 Å². The molecule has 0 aromatic heterocycles. The molecule has 1 aromatic carbocycles. The average molecular weight is 493 g/mol. The highest BCUT2D eigenvalue weighted by Gasteiger charge is 2.61. The Hall–Kier alpha value is -2.38. The first-order valence-corrected chi connectivity index (χ1v) is 12.5. The molecule has 2 unspecified atom stereocenters. The lowest BCUT2D eigenvalue weighted by Crippen LogP contribution is -2.54. The van der Waals surface area contributed by atoms with Crippen LogP contribution in [0.2, 0.25) is 0 Å². The third-order valence-electron chi connectivity index (χ3n) is 9.99. The van der Waals surface area contributed by atoms with Crippen molar-refractivity contribution in [3.8, 4) is 0 Å². The van der Waals surface area contributed by atoms with Crippen LogP contribution < -0.4 is 5.32 Å². The number of benzene rings is 1. The Morgan fingerprint density at radius 2 is 1.74 bits per heavy atom. The lowest BCUT2D eigenvalue weighted by molar-refractivity contribution is -0.137. The molecule has 0 bridgehead atoms. The maximum absolute atomic E-state index is 14.2. The van der Waals surface area contributed by atoms with Gasteiger partial charge in [-0.3, -0.25) is 9.59 Å². The standard InChI is InChI=1S/C27H32F4N2O2/c1-13-11-14-15-5-6-17(25(35)32-23-19(29)12-18(28)21(30)22(23)31)26(15,2)9-7-16(14)27(3)10-8-20(34)33(4)24(13)27/h12,14-17H,5-11H2,1-4H3,(H,32,35)/t14?,15-,16?,17+,26-,27+/m0/s1. The van der Waals surface area contributed by atoms with Crippen molar-refractivity contribution in [1.82, 2.24) is 4.90 Å². The number of nitrogens with zero attached hydrogens (tertiary/aromatic N) is 1. The van der Waals surface area contributed by atoms with Crippen molar-refractivity contribution >= 4 is 17.5 Å². The van der Waals surface area contributed by atoms with Gasteiger partial charge in [-0.15, -0.1) is 0 Å². The highest BCUT2D eigenvalue weighted by molar-refractivity contribution is 5.93. The molecule has 35 heavy (non-hydrogen) atoms. The fraction of sp³-hybridized carbons (Fsp3) is 0.630. The summed E-state index contributed by atoms with van der Waals surface area (Å²) in [5.41, 5.74) is 1.01. The van der Waals surface area contributed by atoms with Crippen LogP contribution in [0.5, 0.6) is 0 Å². The Kier molecular flexibility index (Phi) is 5.61. The zero-order valence-electron chi connectivity index (χ0n) is 20.6. The molecule has 2 amide bonds. The number of nitrogens with one attached hydrogen (secondary N) is 1. The van der Waals surface area contributed by atoms with E-state index in [0.717, 1.165) is 37.8 Å². The maximum Gasteiger partial charge on any atom is 0.228 e. The van der Waals surface area contributed by atoms with E-state index < -0.39 is 40.8 Å². The van der Waals surface area contributed by atoms with Crippen LogP contribution >= 0.6 is 0 Å². The third kappa shape index (κ3) is 3.38. The van der Waals surface area contributed by atoms with Gasteiger partial charge in [-0.2, -0.15) is 0 Å². The molecule has 1 heterocycles. The number of carbonyl (C=O) groups is 2. The normalized spacial score (nSPS) is 36.6. The smallest absolute Gasteiger partial charge is 0.228 e. The molecular weight excluding hydrogens is 460 g/mol. The SMILES string of the molecule is CC1=C2N(C)C(=O)CC[C@]2(C)C2CC[C@]3(C)[C@@H](C(=O)Nc4c(F)cc(F)c(F)c4F)CC[C@H]3C2C1. The van der Waals surface area contributed by atoms with Gasteiger partial charge in [0.15, 0.2) is 23.3 Å². The van der Waals surface area contributed by atoms with Crippen molar-refractivity contribution in [2.45, 2.75) is 65.7 Å². The first-order chi connectivity index (χ1) is 16.4. The summed E-state index contributed by atoms with van der Waals surface area (Å²) in [6, 6.07) is 0.250. The summed E-state index contributed by atoms with van der Waals surface area (Å²) in [6.07, 6.45) is 5.33. The summed E-state index contributed by atoms with van der Waals surface area (Å²) < 4.78 is 55.4. The Balaban J connectivity index is 1.43. The quantitative estimate of drug-likeness (QED) is 0.305. The number of rotatable bonds is 2. The van der Waals surface area contributed by atoms with Gasteiger partial charge in [-0.05, 0) is 68.6 Å². The van der Waals surface area contributed by atoms with E-state index in [1.54, 1.807) is 0 Å². The van der Waals surface area contributed by atoms with E-state index in [1.807, 2.05) is 11.9 Å². The second-order valence-electron chi connectivity index (χ2n) is 11.6. The van der Waals surface area contributed by atoms with Crippen LogP contribution in [0.1, 0.15) is 65.7 Å². The Bertz CT molecular complexity index is 1150. The van der Waals surface area contributed by atoms with Crippen LogP contribution in [-0.4, -0.2) is 23.8 Å². The highest BCUT2D eigenvalue weighted by Crippen LogP contribution is 2.67. The second kappa shape index (κ2) is 8.07. The Morgan fingerprint density at radius 3 is 2.46 bits per heavy atom. The van der Waals surface area contributed by atoms with Gasteiger partial charge in [0, 0.05) is 36.6 Å². The molecule has 1 aliphatic heterocycles. The molecule has 1 N–H and O–H groups in total. The summed E-state index contributed by atoms with van der Waals surface area (Å²) in [4.78, 5) is 27.5. The van der Waals surface area contributed by atoms with Crippen molar-refractivity contribution in [2.24, 2.45) is 34.5 Å². The molecule has 190 valence electrons. The topological polar surface area (TPSA) is 49.4 Å². The lowest BCUT2D eigenvalue weighted by atomic mass is 9.48. The number of allylic oxidation sites excluding steroid dienone is 2. The van der Waals surface area contributed by atoms with Crippen LogP contribution in [0.4, 0.5) is 23.2 Å². The van der Waals surface area contributed by atoms with Crippen LogP contribution in [-0.2, 0) is 9.59 Å². The molecule has 6 atom stereocenters. The van der Waals surface area contributed by atoms with Crippen LogP contribution in [0.15, 0.2) is 17.3 Å². The number of likely N-dealkylation sites (tertiary alicyclic amines) is 1. The molecule has 0 radical (unpaired) electrons. The number of fused-ring (bicyclic) bond motifs is 5. The predicted molar refractivity (Wildman–Crippen MR) is 123 cm³/mol. The molecule has 3 fully saturated rings. The van der Waals surface area contributed by atoms with Crippen molar-refractivity contribution in [2.75, 3.05) is 12.4 Å². The third-order valence-corrected chi connectivity index (χ3v) is 9.99. The molecular formula is C27H32F4N2O2. The number of carbonyl (C=O) groups excluding carboxylic acids is 2. The van der Waals surface area contributed by atoms with E-state index in [-0.39, 0.29) is 28.7 Å². The minimum Gasteiger partial charge on any atom is -0.321 e. The van der Waals surface area contributed by atoms with Crippen LogP contribution in [0.3, 0.4) is 0 Å². The molecule has 1 saturated heterocycles. The van der Waals surface area contributed by atoms with Crippen molar-refractivity contribution < 1.29 is 27.2 Å². The molecule has 2 saturated carbocycles. The summed E-state index contributed by atoms with van der Waals surface area (Å²) in [5.74, 6) is -6.33. The van der Waals surface area contributed by atoms with Crippen LogP contribution in [0.25, 0.3) is 0 Å². The maximum atomic E-state index is 14.2. The summed E-state index contributed by atoms with van der Waals surface area (Å²) >= 11 is 0. The number of hydrogen-bond acceptors (Lipinski definition) is 2. The number of halogens is 4. The molecule has 1 aromatic rings. The highest BCUT2D eigenvalue weighted by atomic mass is 19.2. The van der Waals surface area contributed by atoms with Crippen molar-refractivity contribution in [1.29, 1.82) is 0 Å². The van der Waals surface area contributed by atoms with E-state index in [9.17, 15) is 27.2 Å². The van der Waals surface area contributed by atoms with Crippen molar-refractivity contribution in [3.05, 3.63) is 40.6 Å². The first-order valence-electron chi connectivity index (χ1n) is 12.5. The van der Waals surface area contributed by atoms with E-state index in [4.69, 9.17) is 0 Å². The Labute approximate surface area is 203 Å². The predicted octanol–water partition coefficient (Wildman–Crippen LogP) is 6.18. The fourth-order valence-corrected chi connectivity index (χ4v) is 8.43. The average Bonchev–Trinajstić information content (AvgIpc) is 3.15. The van der Waals surface area contributed by atoms with Gasteiger partial charge < -0.3 is 10.2 Å². The van der Waals surface area contributed by atoms with Crippen LogP contribution in [0, 0.1) is 57.8 Å². The van der Waals surface area contributed by atoms with Gasteiger partial charge in [-0.25, -0.2) is 17.6 Å². The minimum atomic E-state index is -1.80. The van der Waals surface area contributed by atoms with Gasteiger partial charge in [-0.1, -0.05) is 19.4 Å². The largest absolute Gasteiger partial charge is 0.321 e. The van der Waals surface area contributed by atoms with E-state index in [0.29, 0.717) is 24.7 Å². The molecule has 0 spiro atoms. The monoisotopic (exact) mass is 492 g/mol. The molecule has 4 nitrogen and oxygen atoms in total. The lowest BCUT2D eigenvalue weighted by Gasteiger charge is -2.59. The number of anilines is 1. The summed E-state index contributed by atoms with van der Waals surface area (Å²) in [6.45, 7) is 6.48. The van der Waals surface area contributed by atoms with E-state index in [2.05, 4.69) is 26.1 Å². The molecule has 5 rings (SSSR count). The summed E-state index contributed by atoms with van der Waals surface area (Å²) in [7, 11) is 1.87. The Morgan fingerprint density at radius 1 is 1.03 bits per heavy atom.